The van der Waals surface area contributed by atoms with Crippen LogP contribution in [0, 0.1) is 11.7 Å². The molecule has 3 fully saturated rings. The van der Waals surface area contributed by atoms with Crippen LogP contribution in [0.3, 0.4) is 0 Å². The highest BCUT2D eigenvalue weighted by atomic mass is 35.5. The molecule has 1 aromatic carbocycles. The van der Waals surface area contributed by atoms with E-state index in [9.17, 15) is 4.39 Å². The lowest BCUT2D eigenvalue weighted by Crippen LogP contribution is -2.52. The maximum atomic E-state index is 13.1. The second-order valence-corrected chi connectivity index (χ2v) is 8.10. The fourth-order valence-electron chi connectivity index (χ4n) is 4.87. The van der Waals surface area contributed by atoms with E-state index in [0.717, 1.165) is 64.7 Å². The molecule has 158 valence electrons. The number of halogens is 2. The molecule has 7 heteroatoms. The van der Waals surface area contributed by atoms with Crippen molar-refractivity contribution >= 4 is 18.1 Å². The molecule has 0 aromatic heterocycles. The van der Waals surface area contributed by atoms with Gasteiger partial charge in [0.1, 0.15) is 5.82 Å². The van der Waals surface area contributed by atoms with E-state index in [1.807, 2.05) is 12.1 Å². The van der Waals surface area contributed by atoms with E-state index in [4.69, 9.17) is 4.74 Å². The lowest BCUT2D eigenvalue weighted by Gasteiger charge is -2.37. The molecule has 2 saturated heterocycles. The van der Waals surface area contributed by atoms with Crippen molar-refractivity contribution < 1.29 is 9.13 Å². The minimum atomic E-state index is -0.163. The standard InChI is InChI=1S/C21H33FN4O.ClH/c22-17-4-6-18(7-5-17)26-13-11-25(12-14-26)10-8-23-20-3-1-2-19(20)21-16-27-15-9-24-21;/h4-7,19-21,23-24H,1-3,8-16H2;1H. The Balaban J connectivity index is 0.00000225. The predicted molar refractivity (Wildman–Crippen MR) is 114 cm³/mol. The van der Waals surface area contributed by atoms with Gasteiger partial charge in [-0.05, 0) is 43.0 Å². The second kappa shape index (κ2) is 10.7. The minimum Gasteiger partial charge on any atom is -0.379 e. The molecule has 0 spiro atoms. The molecular formula is C21H34ClFN4O. The largest absolute Gasteiger partial charge is 0.379 e. The third kappa shape index (κ3) is 5.57. The van der Waals surface area contributed by atoms with Gasteiger partial charge in [-0.3, -0.25) is 4.90 Å². The topological polar surface area (TPSA) is 39.8 Å². The summed E-state index contributed by atoms with van der Waals surface area (Å²) in [5.41, 5.74) is 1.13. The number of nitrogens with zero attached hydrogens (tertiary/aromatic N) is 2. The molecule has 0 bridgehead atoms. The van der Waals surface area contributed by atoms with Crippen LogP contribution in [-0.2, 0) is 4.74 Å². The average molecular weight is 413 g/mol. The van der Waals surface area contributed by atoms with Crippen LogP contribution in [0.1, 0.15) is 19.3 Å². The fraction of sp³-hybridized carbons (Fsp3) is 0.714. The Labute approximate surface area is 174 Å². The number of ether oxygens (including phenoxy) is 1. The van der Waals surface area contributed by atoms with Gasteiger partial charge in [-0.15, -0.1) is 12.4 Å². The van der Waals surface area contributed by atoms with Crippen molar-refractivity contribution in [3.63, 3.8) is 0 Å². The summed E-state index contributed by atoms with van der Waals surface area (Å²) in [4.78, 5) is 4.89. The Kier molecular flexibility index (Phi) is 8.36. The van der Waals surface area contributed by atoms with Crippen molar-refractivity contribution in [1.82, 2.24) is 15.5 Å². The number of hydrogen-bond donors (Lipinski definition) is 2. The van der Waals surface area contributed by atoms with Crippen LogP contribution < -0.4 is 15.5 Å². The molecule has 4 rings (SSSR count). The zero-order valence-electron chi connectivity index (χ0n) is 16.6. The summed E-state index contributed by atoms with van der Waals surface area (Å²) in [7, 11) is 0. The molecule has 1 saturated carbocycles. The predicted octanol–water partition coefficient (Wildman–Crippen LogP) is 2.12. The van der Waals surface area contributed by atoms with Gasteiger partial charge in [-0.2, -0.15) is 0 Å². The number of anilines is 1. The molecule has 2 aliphatic heterocycles. The first-order valence-corrected chi connectivity index (χ1v) is 10.6. The number of benzene rings is 1. The van der Waals surface area contributed by atoms with Gasteiger partial charge in [0.05, 0.1) is 13.2 Å². The van der Waals surface area contributed by atoms with E-state index in [1.165, 1.54) is 19.3 Å². The monoisotopic (exact) mass is 412 g/mol. The Morgan fingerprint density at radius 3 is 2.61 bits per heavy atom. The van der Waals surface area contributed by atoms with E-state index in [-0.39, 0.29) is 18.2 Å². The number of hydrogen-bond acceptors (Lipinski definition) is 5. The van der Waals surface area contributed by atoms with Gasteiger partial charge < -0.3 is 20.3 Å². The Hall–Kier alpha value is -0.920. The van der Waals surface area contributed by atoms with Gasteiger partial charge in [0.15, 0.2) is 0 Å². The van der Waals surface area contributed by atoms with Crippen LogP contribution in [0.4, 0.5) is 10.1 Å². The summed E-state index contributed by atoms with van der Waals surface area (Å²) in [6.07, 6.45) is 3.94. The first-order chi connectivity index (χ1) is 13.3. The van der Waals surface area contributed by atoms with Crippen LogP contribution in [0.25, 0.3) is 0 Å². The lowest BCUT2D eigenvalue weighted by molar-refractivity contribution is 0.0523. The molecule has 1 aliphatic carbocycles. The van der Waals surface area contributed by atoms with Crippen LogP contribution in [0.5, 0.6) is 0 Å². The second-order valence-electron chi connectivity index (χ2n) is 8.10. The fourth-order valence-corrected chi connectivity index (χ4v) is 4.87. The van der Waals surface area contributed by atoms with Gasteiger partial charge in [0.2, 0.25) is 0 Å². The Bertz CT molecular complexity index is 576. The molecule has 3 unspecified atom stereocenters. The summed E-state index contributed by atoms with van der Waals surface area (Å²) in [6, 6.07) is 8.03. The zero-order chi connectivity index (χ0) is 18.5. The van der Waals surface area contributed by atoms with Crippen LogP contribution >= 0.6 is 12.4 Å². The molecule has 3 atom stereocenters. The Morgan fingerprint density at radius 2 is 1.89 bits per heavy atom. The molecule has 0 amide bonds. The molecule has 1 aromatic rings. The third-order valence-corrected chi connectivity index (χ3v) is 6.44. The number of piperazine rings is 1. The van der Waals surface area contributed by atoms with Gasteiger partial charge in [-0.1, -0.05) is 6.42 Å². The molecule has 0 radical (unpaired) electrons. The molecular weight excluding hydrogens is 379 g/mol. The van der Waals surface area contributed by atoms with Gasteiger partial charge in [0.25, 0.3) is 0 Å². The summed E-state index contributed by atoms with van der Waals surface area (Å²) in [6.45, 7) is 9.06. The normalized spacial score (nSPS) is 28.9. The first-order valence-electron chi connectivity index (χ1n) is 10.6. The van der Waals surface area contributed by atoms with Crippen molar-refractivity contribution in [2.45, 2.75) is 31.3 Å². The SMILES string of the molecule is Cl.Fc1ccc(N2CCN(CCNC3CCCC3C3COCCN3)CC2)cc1. The quantitative estimate of drug-likeness (QED) is 0.748. The highest BCUT2D eigenvalue weighted by Crippen LogP contribution is 2.29. The summed E-state index contributed by atoms with van der Waals surface area (Å²) < 4.78 is 18.8. The number of morpholine rings is 1. The van der Waals surface area contributed by atoms with Gasteiger partial charge in [-0.25, -0.2) is 4.39 Å². The van der Waals surface area contributed by atoms with Gasteiger partial charge in [0, 0.05) is 63.6 Å². The minimum absolute atomic E-state index is 0. The van der Waals surface area contributed by atoms with Crippen molar-refractivity contribution in [2.24, 2.45) is 5.92 Å². The highest BCUT2D eigenvalue weighted by Gasteiger charge is 2.34. The molecule has 2 heterocycles. The number of rotatable bonds is 6. The van der Waals surface area contributed by atoms with Crippen molar-refractivity contribution in [3.8, 4) is 0 Å². The maximum Gasteiger partial charge on any atom is 0.123 e. The lowest BCUT2D eigenvalue weighted by atomic mass is 9.94. The highest BCUT2D eigenvalue weighted by molar-refractivity contribution is 5.85. The van der Waals surface area contributed by atoms with E-state index in [1.54, 1.807) is 12.1 Å². The van der Waals surface area contributed by atoms with E-state index in [0.29, 0.717) is 18.0 Å². The smallest absolute Gasteiger partial charge is 0.123 e. The number of nitrogens with one attached hydrogen (secondary N) is 2. The summed E-state index contributed by atoms with van der Waals surface area (Å²) in [5.74, 6) is 0.546. The zero-order valence-corrected chi connectivity index (χ0v) is 17.4. The average Bonchev–Trinajstić information content (AvgIpc) is 3.18. The van der Waals surface area contributed by atoms with Crippen LogP contribution in [0.15, 0.2) is 24.3 Å². The van der Waals surface area contributed by atoms with Gasteiger partial charge >= 0.3 is 0 Å². The molecule has 5 nitrogen and oxygen atoms in total. The van der Waals surface area contributed by atoms with Crippen LogP contribution in [0.2, 0.25) is 0 Å². The van der Waals surface area contributed by atoms with E-state index in [2.05, 4.69) is 20.4 Å². The molecule has 2 N–H and O–H groups in total. The van der Waals surface area contributed by atoms with Crippen molar-refractivity contribution in [1.29, 1.82) is 0 Å². The maximum absolute atomic E-state index is 13.1. The summed E-state index contributed by atoms with van der Waals surface area (Å²) >= 11 is 0. The first kappa shape index (κ1) is 21.8. The molecule has 3 aliphatic rings. The summed E-state index contributed by atoms with van der Waals surface area (Å²) in [5, 5.41) is 7.48. The van der Waals surface area contributed by atoms with Crippen LogP contribution in [-0.4, -0.2) is 76.0 Å². The Morgan fingerprint density at radius 1 is 1.11 bits per heavy atom. The van der Waals surface area contributed by atoms with E-state index < -0.39 is 0 Å². The van der Waals surface area contributed by atoms with E-state index >= 15 is 0 Å². The van der Waals surface area contributed by atoms with Crippen molar-refractivity contribution in [3.05, 3.63) is 30.1 Å². The molecule has 28 heavy (non-hydrogen) atoms. The van der Waals surface area contributed by atoms with Crippen molar-refractivity contribution in [2.75, 3.05) is 63.9 Å². The third-order valence-electron chi connectivity index (χ3n) is 6.44.